The monoisotopic (exact) mass is 641 g/mol. The highest BCUT2D eigenvalue weighted by Gasteiger charge is 2.41. The number of unbranched alkanes of at least 4 members (excludes halogenated alkanes) is 1. The number of nitrogens with zero attached hydrogens (tertiary/aromatic N) is 4. The number of piperidine rings is 1. The van der Waals surface area contributed by atoms with Crippen LogP contribution in [0.4, 0.5) is 5.82 Å². The minimum absolute atomic E-state index is 0.00529. The van der Waals surface area contributed by atoms with E-state index < -0.39 is 0 Å². The van der Waals surface area contributed by atoms with Crippen LogP contribution in [0.3, 0.4) is 0 Å². The van der Waals surface area contributed by atoms with Gasteiger partial charge in [0.25, 0.3) is 12.0 Å². The summed E-state index contributed by atoms with van der Waals surface area (Å²) in [4.78, 5) is 50.9. The zero-order chi connectivity index (χ0) is 33.4. The Bertz CT molecular complexity index is 1830. The fraction of sp³-hybridized carbons (Fsp3) is 0.472. The summed E-state index contributed by atoms with van der Waals surface area (Å²) in [6, 6.07) is 9.93. The number of para-hydroxylation sites is 1. The van der Waals surface area contributed by atoms with Crippen LogP contribution in [-0.2, 0) is 26.2 Å². The fourth-order valence-electron chi connectivity index (χ4n) is 6.60. The third-order valence-electron chi connectivity index (χ3n) is 9.44. The van der Waals surface area contributed by atoms with Crippen LogP contribution in [0.25, 0.3) is 22.1 Å². The molecule has 0 spiro atoms. The van der Waals surface area contributed by atoms with Crippen LogP contribution < -0.4 is 10.5 Å². The van der Waals surface area contributed by atoms with Crippen LogP contribution in [0, 0.1) is 17.8 Å². The third kappa shape index (κ3) is 7.49. The molecule has 0 saturated carbocycles. The van der Waals surface area contributed by atoms with E-state index in [0.29, 0.717) is 26.1 Å². The van der Waals surface area contributed by atoms with Gasteiger partial charge in [-0.3, -0.25) is 14.4 Å². The lowest BCUT2D eigenvalue weighted by molar-refractivity contribution is -0.139. The first-order chi connectivity index (χ1) is 22.8. The van der Waals surface area contributed by atoms with Gasteiger partial charge in [0.2, 0.25) is 5.91 Å². The second-order valence-corrected chi connectivity index (χ2v) is 12.5. The van der Waals surface area contributed by atoms with Crippen molar-refractivity contribution in [3.05, 3.63) is 63.8 Å². The number of anilines is 1. The average Bonchev–Trinajstić information content (AvgIpc) is 3.74. The lowest BCUT2D eigenvalue weighted by Gasteiger charge is -2.44. The van der Waals surface area contributed by atoms with Gasteiger partial charge in [0, 0.05) is 67.3 Å². The Hall–Kier alpha value is -4.69. The smallest absolute Gasteiger partial charge is 0.290 e. The number of carbonyl (C=O) groups is 2. The number of pyridine rings is 1. The second kappa shape index (κ2) is 15.3. The molecule has 4 aromatic rings. The van der Waals surface area contributed by atoms with Gasteiger partial charge in [0.05, 0.1) is 0 Å². The number of hydrogen-bond donors (Lipinski definition) is 2. The summed E-state index contributed by atoms with van der Waals surface area (Å²) in [5.74, 6) is 7.75. The van der Waals surface area contributed by atoms with Gasteiger partial charge in [-0.15, -0.1) is 5.92 Å². The molecule has 11 heteroatoms. The summed E-state index contributed by atoms with van der Waals surface area (Å²) >= 11 is 0. The number of benzene rings is 1. The van der Waals surface area contributed by atoms with Crippen LogP contribution >= 0.6 is 0 Å². The average molecular weight is 642 g/mol. The van der Waals surface area contributed by atoms with Crippen molar-refractivity contribution in [3.8, 4) is 11.8 Å². The van der Waals surface area contributed by atoms with E-state index >= 15 is 0 Å². The van der Waals surface area contributed by atoms with E-state index in [2.05, 4.69) is 41.6 Å². The molecule has 47 heavy (non-hydrogen) atoms. The van der Waals surface area contributed by atoms with Gasteiger partial charge in [0.1, 0.15) is 23.5 Å². The number of aromatic amines is 1. The molecular formula is C36H43N5O6. The SMILES string of the molecule is CC#Cc1c[nH]c(=O)c(C2(C)CCN(C(=O)COCCCCc3nc(N4CCCC4)c4oc5ccccc5c4n3)CC2C)c1.O=CO. The van der Waals surface area contributed by atoms with E-state index in [-0.39, 0.29) is 35.9 Å². The molecule has 2 aliphatic heterocycles. The molecule has 0 bridgehead atoms. The van der Waals surface area contributed by atoms with Crippen molar-refractivity contribution < 1.29 is 23.8 Å². The van der Waals surface area contributed by atoms with Crippen molar-refractivity contribution in [1.29, 1.82) is 0 Å². The largest absolute Gasteiger partial charge is 0.483 e. The van der Waals surface area contributed by atoms with Gasteiger partial charge in [-0.1, -0.05) is 31.9 Å². The summed E-state index contributed by atoms with van der Waals surface area (Å²) < 4.78 is 12.0. The number of aryl methyl sites for hydroxylation is 1. The van der Waals surface area contributed by atoms with E-state index in [9.17, 15) is 9.59 Å². The minimum atomic E-state index is -0.334. The van der Waals surface area contributed by atoms with Crippen molar-refractivity contribution in [2.24, 2.45) is 5.92 Å². The Morgan fingerprint density at radius 1 is 1.21 bits per heavy atom. The van der Waals surface area contributed by atoms with E-state index in [0.717, 1.165) is 90.0 Å². The number of H-pyrrole nitrogens is 1. The van der Waals surface area contributed by atoms with Crippen molar-refractivity contribution in [2.45, 2.75) is 64.7 Å². The summed E-state index contributed by atoms with van der Waals surface area (Å²) in [5.41, 5.74) is 3.62. The predicted molar refractivity (Wildman–Crippen MR) is 181 cm³/mol. The first-order valence-corrected chi connectivity index (χ1v) is 16.3. The molecule has 2 N–H and O–H groups in total. The summed E-state index contributed by atoms with van der Waals surface area (Å²) in [5, 5.41) is 7.91. The maximum absolute atomic E-state index is 13.0. The maximum atomic E-state index is 13.0. The zero-order valence-corrected chi connectivity index (χ0v) is 27.4. The zero-order valence-electron chi connectivity index (χ0n) is 27.4. The van der Waals surface area contributed by atoms with Gasteiger partial charge in [0.15, 0.2) is 11.4 Å². The van der Waals surface area contributed by atoms with Gasteiger partial charge < -0.3 is 29.0 Å². The Labute approximate surface area is 274 Å². The molecule has 0 aliphatic carbocycles. The number of ether oxygens (including phenoxy) is 1. The molecule has 2 fully saturated rings. The number of carbonyl (C=O) groups excluding carboxylic acids is 1. The number of furan rings is 1. The molecule has 11 nitrogen and oxygen atoms in total. The van der Waals surface area contributed by atoms with Crippen LogP contribution in [0.1, 0.15) is 69.8 Å². The number of likely N-dealkylation sites (tertiary alicyclic amines) is 1. The van der Waals surface area contributed by atoms with Gasteiger partial charge in [-0.05, 0) is 63.1 Å². The highest BCUT2D eigenvalue weighted by molar-refractivity contribution is 6.05. The number of rotatable bonds is 9. The van der Waals surface area contributed by atoms with Crippen LogP contribution in [0.15, 0.2) is 45.7 Å². The first-order valence-electron chi connectivity index (χ1n) is 16.3. The number of hydrogen-bond acceptors (Lipinski definition) is 8. The Morgan fingerprint density at radius 3 is 2.72 bits per heavy atom. The lowest BCUT2D eigenvalue weighted by atomic mass is 9.68. The van der Waals surface area contributed by atoms with Gasteiger partial charge >= 0.3 is 0 Å². The minimum Gasteiger partial charge on any atom is -0.483 e. The molecule has 2 unspecified atom stereocenters. The van der Waals surface area contributed by atoms with Crippen LogP contribution in [0.2, 0.25) is 0 Å². The maximum Gasteiger partial charge on any atom is 0.290 e. The van der Waals surface area contributed by atoms with E-state index in [1.54, 1.807) is 13.1 Å². The second-order valence-electron chi connectivity index (χ2n) is 12.5. The van der Waals surface area contributed by atoms with Crippen molar-refractivity contribution >= 4 is 40.3 Å². The number of amides is 1. The van der Waals surface area contributed by atoms with Crippen molar-refractivity contribution in [3.63, 3.8) is 0 Å². The fourth-order valence-corrected chi connectivity index (χ4v) is 6.60. The highest BCUT2D eigenvalue weighted by atomic mass is 16.5. The number of fused-ring (bicyclic) bond motifs is 3. The summed E-state index contributed by atoms with van der Waals surface area (Å²) in [6.45, 7) is 9.48. The van der Waals surface area contributed by atoms with Crippen molar-refractivity contribution in [1.82, 2.24) is 19.9 Å². The predicted octanol–water partition coefficient (Wildman–Crippen LogP) is 4.90. The molecule has 248 valence electrons. The van der Waals surface area contributed by atoms with Gasteiger partial charge in [-0.25, -0.2) is 9.97 Å². The topological polar surface area (TPSA) is 142 Å². The Balaban J connectivity index is 0.00000139. The summed E-state index contributed by atoms with van der Waals surface area (Å²) in [6.07, 6.45) is 7.11. The van der Waals surface area contributed by atoms with Gasteiger partial charge in [-0.2, -0.15) is 0 Å². The number of nitrogens with one attached hydrogen (secondary N) is 1. The standard InChI is InChI=1S/C35H41N5O4.CH2O2/c1-4-11-25-20-27(34(42)36-21-25)35(3)15-18-40(22-24(35)2)30(41)23-43-19-10-7-14-29-37-31-26-12-5-6-13-28(26)44-32(31)33(38-29)39-16-8-9-17-39;2-1-3/h5-6,12-13,20-21,24H,7-10,14-19,22-23H2,1-3H3,(H,36,42);1H,(H,2,3). The summed E-state index contributed by atoms with van der Waals surface area (Å²) in [7, 11) is 0. The quantitative estimate of drug-likeness (QED) is 0.148. The van der Waals surface area contributed by atoms with Crippen molar-refractivity contribution in [2.75, 3.05) is 44.3 Å². The van der Waals surface area contributed by atoms with E-state index in [4.69, 9.17) is 29.0 Å². The third-order valence-corrected chi connectivity index (χ3v) is 9.44. The molecule has 1 aromatic carbocycles. The van der Waals surface area contributed by atoms with E-state index in [1.807, 2.05) is 29.2 Å². The molecule has 3 aromatic heterocycles. The Morgan fingerprint density at radius 2 is 1.98 bits per heavy atom. The molecule has 0 radical (unpaired) electrons. The highest BCUT2D eigenvalue weighted by Crippen LogP contribution is 2.38. The molecule has 5 heterocycles. The van der Waals surface area contributed by atoms with Crippen LogP contribution in [-0.4, -0.2) is 76.7 Å². The Kier molecular flexibility index (Phi) is 10.9. The normalized spacial score (nSPS) is 19.3. The molecule has 2 aliphatic rings. The molecule has 2 atom stereocenters. The molecule has 2 saturated heterocycles. The lowest BCUT2D eigenvalue weighted by Crippen LogP contribution is -2.51. The van der Waals surface area contributed by atoms with Crippen LogP contribution in [0.5, 0.6) is 0 Å². The molecular weight excluding hydrogens is 598 g/mol. The molecule has 1 amide bonds. The van der Waals surface area contributed by atoms with E-state index in [1.165, 1.54) is 0 Å². The number of carboxylic acid groups (broad SMARTS) is 1. The molecule has 6 rings (SSSR count). The number of aromatic nitrogens is 3. The first kappa shape index (κ1) is 33.7.